The van der Waals surface area contributed by atoms with Crippen LogP contribution in [0.3, 0.4) is 0 Å². The quantitative estimate of drug-likeness (QED) is 0.775. The van der Waals surface area contributed by atoms with E-state index in [0.29, 0.717) is 5.41 Å². The van der Waals surface area contributed by atoms with Gasteiger partial charge in [0.15, 0.2) is 0 Å². The Morgan fingerprint density at radius 1 is 1.25 bits per heavy atom. The van der Waals surface area contributed by atoms with Gasteiger partial charge >= 0.3 is 0 Å². The van der Waals surface area contributed by atoms with E-state index in [1.807, 2.05) is 0 Å². The first-order valence-corrected chi connectivity index (χ1v) is 6.93. The van der Waals surface area contributed by atoms with Crippen LogP contribution >= 0.6 is 0 Å². The lowest BCUT2D eigenvalue weighted by Gasteiger charge is -2.40. The second kappa shape index (κ2) is 4.66. The molecule has 0 aromatic rings. The smallest absolute Gasteiger partial charge is 0.0114 e. The molecule has 0 aromatic heterocycles. The number of likely N-dealkylation sites (tertiary alicyclic amines) is 1. The van der Waals surface area contributed by atoms with Crippen LogP contribution in [-0.4, -0.2) is 37.1 Å². The highest BCUT2D eigenvalue weighted by Gasteiger charge is 2.36. The van der Waals surface area contributed by atoms with E-state index in [4.69, 9.17) is 0 Å². The Bertz CT molecular complexity index is 237. The highest BCUT2D eigenvalue weighted by molar-refractivity contribution is 4.92. The summed E-state index contributed by atoms with van der Waals surface area (Å²) in [6.07, 6.45) is 5.57. The Kier molecular flexibility index (Phi) is 3.60. The number of hydrogen-bond acceptors (Lipinski definition) is 2. The number of nitrogens with zero attached hydrogens (tertiary/aromatic N) is 1. The Morgan fingerprint density at radius 2 is 2.00 bits per heavy atom. The average molecular weight is 224 g/mol. The molecule has 2 heteroatoms. The summed E-state index contributed by atoms with van der Waals surface area (Å²) < 4.78 is 0. The van der Waals surface area contributed by atoms with E-state index >= 15 is 0 Å². The summed E-state index contributed by atoms with van der Waals surface area (Å²) in [5.74, 6) is 0.808. The molecule has 1 saturated heterocycles. The fraction of sp³-hybridized carbons (Fsp3) is 1.00. The van der Waals surface area contributed by atoms with E-state index in [2.05, 4.69) is 38.0 Å². The summed E-state index contributed by atoms with van der Waals surface area (Å²) >= 11 is 0. The SMILES string of the molecule is CNC1CCN(C2CCC(C)(C)C2)CC1C. The van der Waals surface area contributed by atoms with Crippen LogP contribution in [0.2, 0.25) is 0 Å². The fourth-order valence-electron chi connectivity index (χ4n) is 3.65. The molecule has 0 radical (unpaired) electrons. The second-order valence-electron chi connectivity index (χ2n) is 6.72. The minimum absolute atomic E-state index is 0.591. The van der Waals surface area contributed by atoms with Crippen LogP contribution in [0.4, 0.5) is 0 Å². The molecular weight excluding hydrogens is 196 g/mol. The molecule has 2 aliphatic rings. The van der Waals surface area contributed by atoms with Gasteiger partial charge in [-0.3, -0.25) is 4.90 Å². The van der Waals surface area contributed by atoms with Gasteiger partial charge in [-0.2, -0.15) is 0 Å². The summed E-state index contributed by atoms with van der Waals surface area (Å²) in [5.41, 5.74) is 0.591. The molecule has 0 amide bonds. The number of piperidine rings is 1. The lowest BCUT2D eigenvalue weighted by molar-refractivity contribution is 0.103. The minimum atomic E-state index is 0.591. The molecule has 2 fully saturated rings. The first kappa shape index (κ1) is 12.4. The lowest BCUT2D eigenvalue weighted by Crippen LogP contribution is -2.50. The number of nitrogens with one attached hydrogen (secondary N) is 1. The first-order chi connectivity index (χ1) is 7.52. The number of rotatable bonds is 2. The third-order valence-corrected chi connectivity index (χ3v) is 4.77. The molecule has 2 rings (SSSR count). The second-order valence-corrected chi connectivity index (χ2v) is 6.72. The molecule has 16 heavy (non-hydrogen) atoms. The van der Waals surface area contributed by atoms with Gasteiger partial charge in [0.2, 0.25) is 0 Å². The van der Waals surface area contributed by atoms with Crippen molar-refractivity contribution in [1.82, 2.24) is 10.2 Å². The fourth-order valence-corrected chi connectivity index (χ4v) is 3.65. The first-order valence-electron chi connectivity index (χ1n) is 6.93. The molecule has 0 spiro atoms. The van der Waals surface area contributed by atoms with Crippen molar-refractivity contribution in [3.63, 3.8) is 0 Å². The van der Waals surface area contributed by atoms with Gasteiger partial charge in [-0.1, -0.05) is 20.8 Å². The zero-order chi connectivity index (χ0) is 11.8. The molecule has 1 N–H and O–H groups in total. The Morgan fingerprint density at radius 3 is 2.50 bits per heavy atom. The van der Waals surface area contributed by atoms with Gasteiger partial charge in [-0.25, -0.2) is 0 Å². The van der Waals surface area contributed by atoms with Crippen molar-refractivity contribution in [3.8, 4) is 0 Å². The van der Waals surface area contributed by atoms with Crippen LogP contribution in [0.5, 0.6) is 0 Å². The van der Waals surface area contributed by atoms with E-state index in [0.717, 1.165) is 18.0 Å². The monoisotopic (exact) mass is 224 g/mol. The molecule has 2 nitrogen and oxygen atoms in total. The molecule has 1 aliphatic carbocycles. The van der Waals surface area contributed by atoms with Gasteiger partial charge in [0.05, 0.1) is 0 Å². The Balaban J connectivity index is 1.88. The third-order valence-electron chi connectivity index (χ3n) is 4.77. The average Bonchev–Trinajstić information content (AvgIpc) is 2.59. The maximum absolute atomic E-state index is 3.45. The van der Waals surface area contributed by atoms with Crippen LogP contribution in [0, 0.1) is 11.3 Å². The van der Waals surface area contributed by atoms with E-state index in [1.54, 1.807) is 0 Å². The molecule has 1 saturated carbocycles. The predicted molar refractivity (Wildman–Crippen MR) is 69.6 cm³/mol. The topological polar surface area (TPSA) is 15.3 Å². The third kappa shape index (κ3) is 2.60. The van der Waals surface area contributed by atoms with Gasteiger partial charge in [-0.15, -0.1) is 0 Å². The van der Waals surface area contributed by atoms with Gasteiger partial charge < -0.3 is 5.32 Å². The summed E-state index contributed by atoms with van der Waals surface area (Å²) in [6.45, 7) is 9.85. The van der Waals surface area contributed by atoms with Crippen molar-refractivity contribution < 1.29 is 0 Å². The lowest BCUT2D eigenvalue weighted by atomic mass is 9.90. The van der Waals surface area contributed by atoms with E-state index in [-0.39, 0.29) is 0 Å². The normalized spacial score (nSPS) is 40.1. The van der Waals surface area contributed by atoms with Crippen molar-refractivity contribution >= 4 is 0 Å². The van der Waals surface area contributed by atoms with E-state index in [1.165, 1.54) is 38.8 Å². The number of hydrogen-bond donors (Lipinski definition) is 1. The molecule has 0 aromatic carbocycles. The van der Waals surface area contributed by atoms with Crippen molar-refractivity contribution in [2.45, 2.75) is 58.5 Å². The summed E-state index contributed by atoms with van der Waals surface area (Å²) in [4.78, 5) is 2.76. The molecule has 94 valence electrons. The highest BCUT2D eigenvalue weighted by Crippen LogP contribution is 2.40. The zero-order valence-electron chi connectivity index (χ0n) is 11.4. The highest BCUT2D eigenvalue weighted by atomic mass is 15.2. The predicted octanol–water partition coefficient (Wildman–Crippen LogP) is 2.49. The van der Waals surface area contributed by atoms with Crippen LogP contribution in [0.1, 0.15) is 46.5 Å². The Hall–Kier alpha value is -0.0800. The van der Waals surface area contributed by atoms with Crippen molar-refractivity contribution in [2.24, 2.45) is 11.3 Å². The van der Waals surface area contributed by atoms with Crippen LogP contribution in [0.15, 0.2) is 0 Å². The van der Waals surface area contributed by atoms with Gasteiger partial charge in [0.1, 0.15) is 0 Å². The van der Waals surface area contributed by atoms with Gasteiger partial charge in [0, 0.05) is 18.6 Å². The van der Waals surface area contributed by atoms with Crippen LogP contribution in [0.25, 0.3) is 0 Å². The Labute approximate surface area is 101 Å². The largest absolute Gasteiger partial charge is 0.317 e. The molecule has 3 unspecified atom stereocenters. The summed E-state index contributed by atoms with van der Waals surface area (Å²) in [6, 6.07) is 1.61. The molecular formula is C14H28N2. The molecule has 0 bridgehead atoms. The summed E-state index contributed by atoms with van der Waals surface area (Å²) in [5, 5.41) is 3.45. The van der Waals surface area contributed by atoms with Crippen molar-refractivity contribution in [1.29, 1.82) is 0 Å². The maximum atomic E-state index is 3.45. The van der Waals surface area contributed by atoms with Crippen LogP contribution < -0.4 is 5.32 Å². The van der Waals surface area contributed by atoms with Crippen molar-refractivity contribution in [3.05, 3.63) is 0 Å². The van der Waals surface area contributed by atoms with E-state index in [9.17, 15) is 0 Å². The zero-order valence-corrected chi connectivity index (χ0v) is 11.4. The minimum Gasteiger partial charge on any atom is -0.317 e. The molecule has 1 heterocycles. The van der Waals surface area contributed by atoms with Gasteiger partial charge in [-0.05, 0) is 50.6 Å². The standard InChI is InChI=1S/C14H28N2/c1-11-10-16(8-6-13(11)15-4)12-5-7-14(2,3)9-12/h11-13,15H,5-10H2,1-4H3. The molecule has 3 atom stereocenters. The van der Waals surface area contributed by atoms with Gasteiger partial charge in [0.25, 0.3) is 0 Å². The van der Waals surface area contributed by atoms with Crippen molar-refractivity contribution in [2.75, 3.05) is 20.1 Å². The van der Waals surface area contributed by atoms with Crippen LogP contribution in [-0.2, 0) is 0 Å². The maximum Gasteiger partial charge on any atom is 0.0114 e. The summed E-state index contributed by atoms with van der Waals surface area (Å²) in [7, 11) is 2.11. The molecule has 1 aliphatic heterocycles. The van der Waals surface area contributed by atoms with E-state index < -0.39 is 0 Å².